The van der Waals surface area contributed by atoms with E-state index in [-0.39, 0.29) is 12.6 Å². The number of benzene rings is 2. The molecule has 0 aliphatic heterocycles. The molecule has 2 aromatic heterocycles. The molecule has 0 aliphatic rings. The molecule has 7 nitrogen and oxygen atoms in total. The van der Waals surface area contributed by atoms with E-state index in [1.807, 2.05) is 82.3 Å². The summed E-state index contributed by atoms with van der Waals surface area (Å²) in [7, 11) is 0. The molecule has 1 atom stereocenters. The summed E-state index contributed by atoms with van der Waals surface area (Å²) in [4.78, 5) is 16.9. The third-order valence-electron chi connectivity index (χ3n) is 5.31. The van der Waals surface area contributed by atoms with Gasteiger partial charge in [0.2, 0.25) is 0 Å². The molecule has 2 heterocycles. The number of aliphatic hydroxyl groups is 1. The van der Waals surface area contributed by atoms with Gasteiger partial charge in [-0.3, -0.25) is 0 Å². The maximum absolute atomic E-state index is 12.6. The van der Waals surface area contributed by atoms with Crippen LogP contribution in [0.5, 0.6) is 0 Å². The van der Waals surface area contributed by atoms with E-state index in [0.29, 0.717) is 16.4 Å². The number of hydrogen-bond donors (Lipinski definition) is 2. The van der Waals surface area contributed by atoms with Crippen molar-refractivity contribution < 1.29 is 14.6 Å². The van der Waals surface area contributed by atoms with E-state index in [0.717, 1.165) is 27.8 Å². The van der Waals surface area contributed by atoms with Crippen LogP contribution >= 0.6 is 11.6 Å². The largest absolute Gasteiger partial charge is 0.442 e. The van der Waals surface area contributed by atoms with E-state index in [4.69, 9.17) is 16.3 Å². The Hall–Kier alpha value is -3.42. The number of ether oxygens (including phenoxy) is 1. The molecule has 4 rings (SSSR count). The van der Waals surface area contributed by atoms with E-state index in [9.17, 15) is 9.90 Å². The van der Waals surface area contributed by atoms with Crippen LogP contribution in [0.3, 0.4) is 0 Å². The Kier molecular flexibility index (Phi) is 6.59. The molecule has 8 heteroatoms. The summed E-state index contributed by atoms with van der Waals surface area (Å²) < 4.78 is 6.76. The maximum Gasteiger partial charge on any atom is 0.435 e. The monoisotopic (exact) mass is 478 g/mol. The van der Waals surface area contributed by atoms with Gasteiger partial charge < -0.3 is 15.2 Å². The minimum Gasteiger partial charge on any atom is -0.442 e. The summed E-state index contributed by atoms with van der Waals surface area (Å²) >= 11 is 6.45. The van der Waals surface area contributed by atoms with E-state index in [2.05, 4.69) is 15.4 Å². The van der Waals surface area contributed by atoms with Gasteiger partial charge in [0.25, 0.3) is 0 Å². The summed E-state index contributed by atoms with van der Waals surface area (Å²) in [6.45, 7) is 7.22. The Bertz CT molecular complexity index is 1330. The zero-order valence-electron chi connectivity index (χ0n) is 19.5. The second-order valence-electron chi connectivity index (χ2n) is 9.06. The van der Waals surface area contributed by atoms with Gasteiger partial charge in [-0.2, -0.15) is 9.78 Å². The Morgan fingerprint density at radius 1 is 1.18 bits per heavy atom. The fraction of sp³-hybridized carbons (Fsp3) is 0.269. The van der Waals surface area contributed by atoms with Gasteiger partial charge in [0, 0.05) is 10.9 Å². The standard InChI is InChI=1S/C26H27ClN4O3/c1-16-20-12-18(10-11-23(20)31(30-16)25(33)34-26(2,3)4)21-13-19(14-28-24(21)27)29-22(15-32)17-8-6-5-7-9-17/h5-14,22,29,32H,15H2,1-4H3. The van der Waals surface area contributed by atoms with Gasteiger partial charge in [0.05, 0.1) is 35.7 Å². The molecule has 0 saturated heterocycles. The first kappa shape index (κ1) is 23.7. The minimum absolute atomic E-state index is 0.0724. The Morgan fingerprint density at radius 3 is 2.59 bits per heavy atom. The number of anilines is 1. The molecule has 0 aliphatic carbocycles. The zero-order valence-corrected chi connectivity index (χ0v) is 20.3. The number of nitrogens with one attached hydrogen (secondary N) is 1. The number of hydrogen-bond acceptors (Lipinski definition) is 6. The SMILES string of the molecule is Cc1nn(C(=O)OC(C)(C)C)c2ccc(-c3cc(NC(CO)c4ccccc4)cnc3Cl)cc12. The normalized spacial score (nSPS) is 12.5. The average molecular weight is 479 g/mol. The highest BCUT2D eigenvalue weighted by Gasteiger charge is 2.22. The number of fused-ring (bicyclic) bond motifs is 1. The highest BCUT2D eigenvalue weighted by Crippen LogP contribution is 2.33. The molecule has 0 radical (unpaired) electrons. The van der Waals surface area contributed by atoms with Crippen molar-refractivity contribution in [2.45, 2.75) is 39.3 Å². The molecular formula is C26H27ClN4O3. The van der Waals surface area contributed by atoms with Gasteiger partial charge in [-0.1, -0.05) is 48.0 Å². The summed E-state index contributed by atoms with van der Waals surface area (Å²) in [6, 6.07) is 17.0. The number of rotatable bonds is 5. The molecule has 2 N–H and O–H groups in total. The fourth-order valence-electron chi connectivity index (χ4n) is 3.73. The van der Waals surface area contributed by atoms with E-state index >= 15 is 0 Å². The van der Waals surface area contributed by atoms with Crippen LogP contribution in [0, 0.1) is 6.92 Å². The number of halogens is 1. The Labute approximate surface area is 203 Å². The van der Waals surface area contributed by atoms with Gasteiger partial charge >= 0.3 is 6.09 Å². The van der Waals surface area contributed by atoms with Crippen molar-refractivity contribution in [3.63, 3.8) is 0 Å². The van der Waals surface area contributed by atoms with Crippen LogP contribution in [-0.2, 0) is 4.74 Å². The first-order valence-corrected chi connectivity index (χ1v) is 11.3. The van der Waals surface area contributed by atoms with E-state index < -0.39 is 11.7 Å². The molecule has 176 valence electrons. The molecule has 4 aromatic rings. The van der Waals surface area contributed by atoms with E-state index in [1.165, 1.54) is 4.68 Å². The molecule has 1 unspecified atom stereocenters. The zero-order chi connectivity index (χ0) is 24.5. The number of carbonyl (C=O) groups excluding carboxylic acids is 1. The first-order valence-electron chi connectivity index (χ1n) is 11.0. The van der Waals surface area contributed by atoms with Crippen LogP contribution in [0.1, 0.15) is 38.1 Å². The molecule has 2 aromatic carbocycles. The number of aromatic nitrogens is 3. The number of aryl methyl sites for hydroxylation is 1. The minimum atomic E-state index is -0.623. The van der Waals surface area contributed by atoms with Crippen LogP contribution in [0.25, 0.3) is 22.0 Å². The Balaban J connectivity index is 1.68. The lowest BCUT2D eigenvalue weighted by Crippen LogP contribution is -2.27. The van der Waals surface area contributed by atoms with Crippen LogP contribution in [0.4, 0.5) is 10.5 Å². The number of aliphatic hydroxyl groups excluding tert-OH is 1. The van der Waals surface area contributed by atoms with Crippen molar-refractivity contribution >= 4 is 34.3 Å². The average Bonchev–Trinajstić information content (AvgIpc) is 3.14. The second kappa shape index (κ2) is 9.44. The summed E-state index contributed by atoms with van der Waals surface area (Å²) in [5.41, 5.74) is 3.98. The van der Waals surface area contributed by atoms with Crippen molar-refractivity contribution in [3.05, 3.63) is 77.2 Å². The van der Waals surface area contributed by atoms with Crippen LogP contribution < -0.4 is 5.32 Å². The first-order chi connectivity index (χ1) is 16.2. The third-order valence-corrected chi connectivity index (χ3v) is 5.61. The van der Waals surface area contributed by atoms with Crippen molar-refractivity contribution in [3.8, 4) is 11.1 Å². The predicted molar refractivity (Wildman–Crippen MR) is 134 cm³/mol. The van der Waals surface area contributed by atoms with Crippen molar-refractivity contribution in [1.82, 2.24) is 14.8 Å². The maximum atomic E-state index is 12.6. The lowest BCUT2D eigenvalue weighted by Gasteiger charge is -2.19. The number of pyridine rings is 1. The number of nitrogens with zero attached hydrogens (tertiary/aromatic N) is 3. The molecule has 0 fully saturated rings. The summed E-state index contributed by atoms with van der Waals surface area (Å²) in [5.74, 6) is 0. The van der Waals surface area contributed by atoms with Crippen molar-refractivity contribution in [1.29, 1.82) is 0 Å². The molecule has 0 bridgehead atoms. The fourth-order valence-corrected chi connectivity index (χ4v) is 3.94. The molecule has 0 amide bonds. The van der Waals surface area contributed by atoms with Gasteiger partial charge in [-0.15, -0.1) is 0 Å². The summed E-state index contributed by atoms with van der Waals surface area (Å²) in [6.07, 6.45) is 1.11. The van der Waals surface area contributed by atoms with Crippen LogP contribution in [0.15, 0.2) is 60.8 Å². The van der Waals surface area contributed by atoms with E-state index in [1.54, 1.807) is 6.20 Å². The van der Waals surface area contributed by atoms with Gasteiger partial charge in [0.1, 0.15) is 10.8 Å². The molecule has 0 saturated carbocycles. The molecular weight excluding hydrogens is 452 g/mol. The lowest BCUT2D eigenvalue weighted by molar-refractivity contribution is 0.0522. The van der Waals surface area contributed by atoms with Gasteiger partial charge in [0.15, 0.2) is 0 Å². The molecule has 0 spiro atoms. The topological polar surface area (TPSA) is 89.3 Å². The highest BCUT2D eigenvalue weighted by atomic mass is 35.5. The Morgan fingerprint density at radius 2 is 1.91 bits per heavy atom. The van der Waals surface area contributed by atoms with Crippen molar-refractivity contribution in [2.75, 3.05) is 11.9 Å². The predicted octanol–water partition coefficient (Wildman–Crippen LogP) is 5.99. The third kappa shape index (κ3) is 5.05. The van der Waals surface area contributed by atoms with Crippen LogP contribution in [0.2, 0.25) is 5.15 Å². The van der Waals surface area contributed by atoms with Gasteiger partial charge in [-0.05, 0) is 57.0 Å². The van der Waals surface area contributed by atoms with Gasteiger partial charge in [-0.25, -0.2) is 9.78 Å². The number of carbonyl (C=O) groups is 1. The highest BCUT2D eigenvalue weighted by molar-refractivity contribution is 6.32. The van der Waals surface area contributed by atoms with Crippen molar-refractivity contribution in [2.24, 2.45) is 0 Å². The summed E-state index contributed by atoms with van der Waals surface area (Å²) in [5, 5.41) is 18.8. The smallest absolute Gasteiger partial charge is 0.435 e. The van der Waals surface area contributed by atoms with Crippen LogP contribution in [-0.4, -0.2) is 38.2 Å². The lowest BCUT2D eigenvalue weighted by atomic mass is 10.0. The quantitative estimate of drug-likeness (QED) is 0.342. The second-order valence-corrected chi connectivity index (χ2v) is 9.42. The molecule has 34 heavy (non-hydrogen) atoms.